The molecule has 0 unspecified atom stereocenters. The molecule has 2 rings (SSSR count). The van der Waals surface area contributed by atoms with Gasteiger partial charge >= 0.3 is 6.18 Å². The number of alkyl halides is 3. The first-order chi connectivity index (χ1) is 13.0. The van der Waals surface area contributed by atoms with Gasteiger partial charge < -0.3 is 10.6 Å². The lowest BCUT2D eigenvalue weighted by Crippen LogP contribution is -2.35. The lowest BCUT2D eigenvalue weighted by Gasteiger charge is -2.15. The van der Waals surface area contributed by atoms with Gasteiger partial charge in [-0.1, -0.05) is 23.7 Å². The first-order valence-electron chi connectivity index (χ1n) is 7.71. The number of nitrogens with zero attached hydrogens (tertiary/aromatic N) is 1. The molecule has 0 aliphatic carbocycles. The van der Waals surface area contributed by atoms with Gasteiger partial charge in [-0.2, -0.15) is 13.2 Å². The number of benzene rings is 1. The number of aromatic nitrogens is 1. The van der Waals surface area contributed by atoms with Crippen molar-refractivity contribution < 1.29 is 22.8 Å². The molecule has 2 amide bonds. The maximum Gasteiger partial charge on any atom is 0.417 e. The van der Waals surface area contributed by atoms with Crippen molar-refractivity contribution in [1.29, 1.82) is 0 Å². The number of thiocarbonyl (C=S) groups is 1. The van der Waals surface area contributed by atoms with Crippen molar-refractivity contribution in [2.75, 3.05) is 12.4 Å². The molecule has 28 heavy (non-hydrogen) atoms. The molecule has 0 bridgehead atoms. The molecule has 0 aliphatic rings. The van der Waals surface area contributed by atoms with Crippen LogP contribution in [0.5, 0.6) is 0 Å². The van der Waals surface area contributed by atoms with Crippen molar-refractivity contribution >= 4 is 46.4 Å². The van der Waals surface area contributed by atoms with Crippen molar-refractivity contribution in [2.24, 2.45) is 0 Å². The smallest absolute Gasteiger partial charge is 0.355 e. The van der Waals surface area contributed by atoms with Gasteiger partial charge in [0, 0.05) is 13.2 Å². The van der Waals surface area contributed by atoms with Gasteiger partial charge in [-0.3, -0.25) is 14.9 Å². The molecule has 1 heterocycles. The van der Waals surface area contributed by atoms with Gasteiger partial charge in [-0.25, -0.2) is 4.98 Å². The van der Waals surface area contributed by atoms with E-state index >= 15 is 0 Å². The largest absolute Gasteiger partial charge is 0.417 e. The van der Waals surface area contributed by atoms with E-state index in [9.17, 15) is 22.8 Å². The van der Waals surface area contributed by atoms with Gasteiger partial charge in [0.2, 0.25) is 0 Å². The number of hydrogen-bond donors (Lipinski definition) is 3. The third kappa shape index (κ3) is 4.96. The highest BCUT2D eigenvalue weighted by Crippen LogP contribution is 2.31. The van der Waals surface area contributed by atoms with Crippen LogP contribution in [0.3, 0.4) is 0 Å². The maximum absolute atomic E-state index is 12.7. The van der Waals surface area contributed by atoms with Gasteiger partial charge in [0.1, 0.15) is 5.69 Å². The van der Waals surface area contributed by atoms with E-state index in [0.29, 0.717) is 29.1 Å². The minimum atomic E-state index is -4.64. The second-order valence-electron chi connectivity index (χ2n) is 5.54. The van der Waals surface area contributed by atoms with E-state index in [1.54, 1.807) is 25.1 Å². The molecule has 1 aromatic heterocycles. The SMILES string of the molecule is CNC(=O)c1cccc(C)c1NC(=S)NC(=O)c1ncc(C(F)(F)F)cc1Cl. The molecular weight excluding hydrogens is 417 g/mol. The van der Waals surface area contributed by atoms with E-state index in [4.69, 9.17) is 23.8 Å². The average Bonchev–Trinajstić information content (AvgIpc) is 2.61. The van der Waals surface area contributed by atoms with Crippen LogP contribution in [-0.4, -0.2) is 29.0 Å². The van der Waals surface area contributed by atoms with Crippen molar-refractivity contribution in [3.05, 3.63) is 57.9 Å². The number of amides is 2. The number of halogens is 4. The Kier molecular flexibility index (Phi) is 6.57. The van der Waals surface area contributed by atoms with E-state index in [-0.39, 0.29) is 11.0 Å². The van der Waals surface area contributed by atoms with Crippen LogP contribution in [0.25, 0.3) is 0 Å². The zero-order valence-corrected chi connectivity index (χ0v) is 16.1. The summed E-state index contributed by atoms with van der Waals surface area (Å²) in [4.78, 5) is 27.7. The fourth-order valence-electron chi connectivity index (χ4n) is 2.22. The number of hydrogen-bond acceptors (Lipinski definition) is 4. The molecule has 3 N–H and O–H groups in total. The van der Waals surface area contributed by atoms with Crippen LogP contribution in [0.2, 0.25) is 5.02 Å². The fraction of sp³-hybridized carbons (Fsp3) is 0.176. The summed E-state index contributed by atoms with van der Waals surface area (Å²) in [5, 5.41) is 6.85. The van der Waals surface area contributed by atoms with Crippen molar-refractivity contribution in [1.82, 2.24) is 15.6 Å². The van der Waals surface area contributed by atoms with E-state index in [1.165, 1.54) is 7.05 Å². The zero-order valence-electron chi connectivity index (χ0n) is 14.6. The molecule has 148 valence electrons. The summed E-state index contributed by atoms with van der Waals surface area (Å²) < 4.78 is 38.0. The molecule has 0 radical (unpaired) electrons. The predicted molar refractivity (Wildman–Crippen MR) is 103 cm³/mol. The van der Waals surface area contributed by atoms with Gasteiger partial charge in [-0.15, -0.1) is 0 Å². The first kappa shape index (κ1) is 21.6. The minimum absolute atomic E-state index is 0.179. The number of anilines is 1. The Bertz CT molecular complexity index is 950. The Balaban J connectivity index is 2.19. The van der Waals surface area contributed by atoms with Crippen LogP contribution in [0.15, 0.2) is 30.5 Å². The number of para-hydroxylation sites is 1. The third-order valence-electron chi connectivity index (χ3n) is 3.59. The molecule has 1 aromatic carbocycles. The number of rotatable bonds is 3. The number of aryl methyl sites for hydroxylation is 1. The van der Waals surface area contributed by atoms with Crippen LogP contribution < -0.4 is 16.0 Å². The Morgan fingerprint density at radius 2 is 1.89 bits per heavy atom. The third-order valence-corrected chi connectivity index (χ3v) is 4.09. The molecule has 0 aliphatic heterocycles. The number of nitrogens with one attached hydrogen (secondary N) is 3. The Labute approximate surface area is 168 Å². The van der Waals surface area contributed by atoms with Gasteiger partial charge in [0.05, 0.1) is 21.8 Å². The Morgan fingerprint density at radius 1 is 1.21 bits per heavy atom. The number of carbonyl (C=O) groups excluding carboxylic acids is 2. The minimum Gasteiger partial charge on any atom is -0.355 e. The molecule has 6 nitrogen and oxygen atoms in total. The summed E-state index contributed by atoms with van der Waals surface area (Å²) in [7, 11) is 1.47. The lowest BCUT2D eigenvalue weighted by molar-refractivity contribution is -0.137. The molecule has 0 saturated carbocycles. The topological polar surface area (TPSA) is 83.1 Å². The molecule has 2 aromatic rings. The van der Waals surface area contributed by atoms with Crippen molar-refractivity contribution in [2.45, 2.75) is 13.1 Å². The average molecular weight is 431 g/mol. The summed E-state index contributed by atoms with van der Waals surface area (Å²) >= 11 is 10.8. The van der Waals surface area contributed by atoms with Crippen LogP contribution in [-0.2, 0) is 6.18 Å². The summed E-state index contributed by atoms with van der Waals surface area (Å²) in [6.07, 6.45) is -4.13. The van der Waals surface area contributed by atoms with E-state index in [1.807, 2.05) is 0 Å². The van der Waals surface area contributed by atoms with E-state index < -0.39 is 28.4 Å². The first-order valence-corrected chi connectivity index (χ1v) is 8.50. The molecule has 0 saturated heterocycles. The van der Waals surface area contributed by atoms with Gasteiger partial charge in [0.25, 0.3) is 11.8 Å². The van der Waals surface area contributed by atoms with Crippen LogP contribution in [0.1, 0.15) is 32.0 Å². The highest BCUT2D eigenvalue weighted by Gasteiger charge is 2.32. The number of pyridine rings is 1. The quantitative estimate of drug-likeness (QED) is 0.649. The second kappa shape index (κ2) is 8.53. The highest BCUT2D eigenvalue weighted by atomic mass is 35.5. The molecule has 0 spiro atoms. The van der Waals surface area contributed by atoms with Crippen LogP contribution in [0.4, 0.5) is 18.9 Å². The molecule has 0 fully saturated rings. The second-order valence-corrected chi connectivity index (χ2v) is 6.35. The molecular formula is C17H14ClF3N4O2S. The van der Waals surface area contributed by atoms with E-state index in [2.05, 4.69) is 20.9 Å². The Hall–Kier alpha value is -2.72. The number of carbonyl (C=O) groups is 2. The lowest BCUT2D eigenvalue weighted by atomic mass is 10.1. The van der Waals surface area contributed by atoms with E-state index in [0.717, 1.165) is 0 Å². The Morgan fingerprint density at radius 3 is 2.46 bits per heavy atom. The summed E-state index contributed by atoms with van der Waals surface area (Å²) in [6, 6.07) is 5.57. The highest BCUT2D eigenvalue weighted by molar-refractivity contribution is 7.80. The van der Waals surface area contributed by atoms with Crippen molar-refractivity contribution in [3.63, 3.8) is 0 Å². The summed E-state index contributed by atoms with van der Waals surface area (Å²) in [5.74, 6) is -1.26. The molecule has 11 heteroatoms. The van der Waals surface area contributed by atoms with Crippen molar-refractivity contribution in [3.8, 4) is 0 Å². The predicted octanol–water partition coefficient (Wildman–Crippen LogP) is 3.55. The maximum atomic E-state index is 12.7. The summed E-state index contributed by atoms with van der Waals surface area (Å²) in [5.41, 5.74) is -0.146. The zero-order chi connectivity index (χ0) is 21.1. The van der Waals surface area contributed by atoms with Gasteiger partial charge in [-0.05, 0) is 36.8 Å². The fourth-order valence-corrected chi connectivity index (χ4v) is 2.67. The monoisotopic (exact) mass is 430 g/mol. The molecule has 0 atom stereocenters. The van der Waals surface area contributed by atoms with Crippen LogP contribution in [0, 0.1) is 6.92 Å². The summed E-state index contributed by atoms with van der Waals surface area (Å²) in [6.45, 7) is 1.73. The standard InChI is InChI=1S/C17H14ClF3N4O2S/c1-8-4-3-5-10(14(26)22-2)12(8)24-16(28)25-15(27)13-11(18)6-9(7-23-13)17(19,20)21/h3-7H,1-2H3,(H,22,26)(H2,24,25,27,28). The normalized spacial score (nSPS) is 10.9. The van der Waals surface area contributed by atoms with Crippen LogP contribution >= 0.6 is 23.8 Å². The van der Waals surface area contributed by atoms with Gasteiger partial charge in [0.15, 0.2) is 5.11 Å².